The lowest BCUT2D eigenvalue weighted by atomic mass is 10.3. The molecule has 0 bridgehead atoms. The first kappa shape index (κ1) is 15.5. The van der Waals surface area contributed by atoms with E-state index in [1.165, 1.54) is 0 Å². The van der Waals surface area contributed by atoms with Crippen molar-refractivity contribution in [1.29, 1.82) is 0 Å². The van der Waals surface area contributed by atoms with Gasteiger partial charge in [-0.15, -0.1) is 0 Å². The molecule has 0 radical (unpaired) electrons. The smallest absolute Gasteiger partial charge is 0.256 e. The highest BCUT2D eigenvalue weighted by Gasteiger charge is 2.17. The third kappa shape index (κ3) is 2.88. The van der Waals surface area contributed by atoms with Crippen molar-refractivity contribution >= 4 is 45.4 Å². The van der Waals surface area contributed by atoms with Crippen molar-refractivity contribution < 1.29 is 0 Å². The average molecular weight is 449 g/mol. The quantitative estimate of drug-likeness (QED) is 0.353. The summed E-state index contributed by atoms with van der Waals surface area (Å²) in [5, 5.41) is 12.7. The zero-order chi connectivity index (χ0) is 16.5. The summed E-state index contributed by atoms with van der Waals surface area (Å²) in [6.45, 7) is 0. The molecule has 1 aromatic carbocycles. The van der Waals surface area contributed by atoms with Crippen LogP contribution in [0.5, 0.6) is 0 Å². The Kier molecular flexibility index (Phi) is 4.19. The zero-order valence-electron chi connectivity index (χ0n) is 12.7. The summed E-state index contributed by atoms with van der Waals surface area (Å²) in [5.41, 5.74) is 2.91. The molecule has 9 heteroatoms. The lowest BCUT2D eigenvalue weighted by Crippen LogP contribution is -2.06. The molecule has 0 aliphatic carbocycles. The minimum absolute atomic E-state index is 0.642. The van der Waals surface area contributed by atoms with Crippen LogP contribution in [0.4, 0.5) is 0 Å². The Morgan fingerprint density at radius 3 is 2.88 bits per heavy atom. The van der Waals surface area contributed by atoms with Crippen LogP contribution >= 0.6 is 34.4 Å². The Hall–Kier alpha value is -2.01. The maximum Gasteiger partial charge on any atom is 0.256 e. The van der Waals surface area contributed by atoms with Crippen LogP contribution in [0.25, 0.3) is 17.0 Å². The second-order valence-electron chi connectivity index (χ2n) is 5.08. The van der Waals surface area contributed by atoms with E-state index >= 15 is 0 Å². The fourth-order valence-electron chi connectivity index (χ4n) is 2.35. The van der Waals surface area contributed by atoms with E-state index in [0.717, 1.165) is 31.2 Å². The van der Waals surface area contributed by atoms with Gasteiger partial charge in [-0.05, 0) is 63.3 Å². The summed E-state index contributed by atoms with van der Waals surface area (Å²) in [4.78, 5) is 9.12. The van der Waals surface area contributed by atoms with Crippen molar-refractivity contribution in [2.45, 2.75) is 10.9 Å². The van der Waals surface area contributed by atoms with Crippen molar-refractivity contribution in [2.24, 2.45) is 7.05 Å². The molecular formula is C15H12IN7S. The summed E-state index contributed by atoms with van der Waals surface area (Å²) >= 11 is 3.91. The van der Waals surface area contributed by atoms with Crippen LogP contribution in [0.3, 0.4) is 0 Å². The van der Waals surface area contributed by atoms with E-state index in [2.05, 4.69) is 49.2 Å². The zero-order valence-corrected chi connectivity index (χ0v) is 15.6. The molecule has 0 aliphatic heterocycles. The normalized spacial score (nSPS) is 11.2. The highest BCUT2D eigenvalue weighted by Crippen LogP contribution is 2.29. The van der Waals surface area contributed by atoms with Gasteiger partial charge in [0.25, 0.3) is 5.95 Å². The maximum atomic E-state index is 4.75. The number of fused-ring (bicyclic) bond motifs is 1. The van der Waals surface area contributed by atoms with E-state index in [4.69, 9.17) is 4.98 Å². The number of hydrogen-bond donors (Lipinski definition) is 0. The number of aromatic nitrogens is 7. The summed E-state index contributed by atoms with van der Waals surface area (Å²) in [5.74, 6) is 1.37. The van der Waals surface area contributed by atoms with E-state index < -0.39 is 0 Å². The van der Waals surface area contributed by atoms with Crippen molar-refractivity contribution in [2.75, 3.05) is 0 Å². The average Bonchev–Trinajstić information content (AvgIpc) is 3.16. The monoisotopic (exact) mass is 449 g/mol. The number of tetrazole rings is 1. The summed E-state index contributed by atoms with van der Waals surface area (Å²) < 4.78 is 4.77. The molecule has 4 aromatic rings. The van der Waals surface area contributed by atoms with E-state index in [9.17, 15) is 0 Å². The molecule has 3 aromatic heterocycles. The van der Waals surface area contributed by atoms with Gasteiger partial charge in [0.1, 0.15) is 0 Å². The number of hydrogen-bond acceptors (Lipinski definition) is 6. The van der Waals surface area contributed by atoms with Crippen LogP contribution in [0.15, 0.2) is 47.8 Å². The first-order valence-electron chi connectivity index (χ1n) is 7.16. The number of thioether (sulfide) groups is 1. The highest BCUT2D eigenvalue weighted by molar-refractivity contribution is 14.1. The number of pyridine rings is 1. The summed E-state index contributed by atoms with van der Waals surface area (Å²) in [6.07, 6.45) is 1.80. The van der Waals surface area contributed by atoms with E-state index in [-0.39, 0.29) is 0 Å². The molecule has 0 atom stereocenters. The third-order valence-electron chi connectivity index (χ3n) is 3.46. The molecule has 0 saturated heterocycles. The third-order valence-corrected chi connectivity index (χ3v) is 5.10. The molecule has 0 fully saturated rings. The Morgan fingerprint density at radius 2 is 2.12 bits per heavy atom. The van der Waals surface area contributed by atoms with Crippen LogP contribution < -0.4 is 0 Å². The van der Waals surface area contributed by atoms with Gasteiger partial charge in [-0.1, -0.05) is 22.9 Å². The molecule has 120 valence electrons. The van der Waals surface area contributed by atoms with Gasteiger partial charge >= 0.3 is 0 Å². The molecule has 0 N–H and O–H groups in total. The van der Waals surface area contributed by atoms with E-state index in [1.807, 2.05) is 41.9 Å². The van der Waals surface area contributed by atoms with E-state index in [1.54, 1.807) is 22.6 Å². The van der Waals surface area contributed by atoms with Crippen LogP contribution in [0.1, 0.15) is 5.69 Å². The molecule has 4 rings (SSSR count). The molecule has 24 heavy (non-hydrogen) atoms. The van der Waals surface area contributed by atoms with Gasteiger partial charge in [-0.2, -0.15) is 0 Å². The van der Waals surface area contributed by atoms with E-state index in [0.29, 0.717) is 5.95 Å². The SMILES string of the molecule is Cn1nnnc1-n1c(SCc2ccccn2)nc2ccc(I)cc21. The summed E-state index contributed by atoms with van der Waals surface area (Å²) in [6, 6.07) is 12.1. The number of benzene rings is 1. The largest absolute Gasteiger partial charge is 0.260 e. The van der Waals surface area contributed by atoms with Gasteiger partial charge in [0.2, 0.25) is 0 Å². The van der Waals surface area contributed by atoms with Gasteiger partial charge in [0.05, 0.1) is 16.7 Å². The molecule has 0 amide bonds. The van der Waals surface area contributed by atoms with Crippen LogP contribution in [-0.4, -0.2) is 34.7 Å². The molecule has 0 saturated carbocycles. The molecular weight excluding hydrogens is 437 g/mol. The number of nitrogens with zero attached hydrogens (tertiary/aromatic N) is 7. The lowest BCUT2D eigenvalue weighted by molar-refractivity contribution is 0.682. The fourth-order valence-corrected chi connectivity index (χ4v) is 3.75. The first-order chi connectivity index (χ1) is 11.7. The number of aryl methyl sites for hydroxylation is 1. The van der Waals surface area contributed by atoms with Gasteiger partial charge in [0.15, 0.2) is 5.16 Å². The molecule has 0 unspecified atom stereocenters. The van der Waals surface area contributed by atoms with Crippen LogP contribution in [0.2, 0.25) is 0 Å². The van der Waals surface area contributed by atoms with Crippen LogP contribution in [-0.2, 0) is 12.8 Å². The number of halogens is 1. The van der Waals surface area contributed by atoms with Crippen molar-refractivity contribution in [3.05, 3.63) is 51.9 Å². The molecule has 7 nitrogen and oxygen atoms in total. The summed E-state index contributed by atoms with van der Waals surface area (Å²) in [7, 11) is 1.82. The second-order valence-corrected chi connectivity index (χ2v) is 7.26. The van der Waals surface area contributed by atoms with Crippen molar-refractivity contribution in [3.8, 4) is 5.95 Å². The van der Waals surface area contributed by atoms with Gasteiger partial charge in [-0.3, -0.25) is 9.55 Å². The maximum absolute atomic E-state index is 4.75. The Bertz CT molecular complexity index is 996. The topological polar surface area (TPSA) is 74.3 Å². The number of imidazole rings is 1. The first-order valence-corrected chi connectivity index (χ1v) is 9.22. The molecule has 0 spiro atoms. The highest BCUT2D eigenvalue weighted by atomic mass is 127. The standard InChI is InChI=1S/C15H12IN7S/c1-22-14(19-20-21-22)23-13-8-10(16)5-6-12(13)18-15(23)24-9-11-4-2-3-7-17-11/h2-8H,9H2,1H3. The molecule has 0 aliphatic rings. The van der Waals surface area contributed by atoms with Crippen molar-refractivity contribution in [1.82, 2.24) is 34.7 Å². The van der Waals surface area contributed by atoms with Crippen LogP contribution in [0, 0.1) is 3.57 Å². The van der Waals surface area contributed by atoms with Gasteiger partial charge < -0.3 is 0 Å². The van der Waals surface area contributed by atoms with Crippen molar-refractivity contribution in [3.63, 3.8) is 0 Å². The lowest BCUT2D eigenvalue weighted by Gasteiger charge is -2.06. The molecule has 3 heterocycles. The fraction of sp³-hybridized carbons (Fsp3) is 0.133. The second kappa shape index (κ2) is 6.48. The predicted octanol–water partition coefficient (Wildman–Crippen LogP) is 2.84. The number of rotatable bonds is 4. The Balaban J connectivity index is 1.81. The Morgan fingerprint density at radius 1 is 1.21 bits per heavy atom. The predicted molar refractivity (Wildman–Crippen MR) is 99.9 cm³/mol. The minimum Gasteiger partial charge on any atom is -0.260 e. The van der Waals surface area contributed by atoms with Gasteiger partial charge in [-0.25, -0.2) is 9.67 Å². The van der Waals surface area contributed by atoms with Gasteiger partial charge in [0, 0.05) is 22.6 Å². The minimum atomic E-state index is 0.642. The Labute approximate surface area is 155 Å².